The number of rotatable bonds is 7. The van der Waals surface area contributed by atoms with E-state index >= 15 is 0 Å². The van der Waals surface area contributed by atoms with E-state index < -0.39 is 63.6 Å². The number of hydrogen-bond acceptors (Lipinski definition) is 7. The molecule has 38 heavy (non-hydrogen) atoms. The maximum absolute atomic E-state index is 13.7. The van der Waals surface area contributed by atoms with Gasteiger partial charge in [-0.2, -0.15) is 22.0 Å². The number of fused-ring (bicyclic) bond motifs is 1. The third-order valence-electron chi connectivity index (χ3n) is 7.56. The minimum Gasteiger partial charge on any atom is -0.345 e. The average molecular weight is 572 g/mol. The molecule has 2 aliphatic heterocycles. The molecule has 3 heterocycles. The van der Waals surface area contributed by atoms with Crippen LogP contribution >= 0.6 is 0 Å². The van der Waals surface area contributed by atoms with E-state index in [-0.39, 0.29) is 37.4 Å². The number of hydroxylamine groups is 1. The molecule has 2 saturated heterocycles. The molecule has 15 heteroatoms. The first kappa shape index (κ1) is 29.1. The summed E-state index contributed by atoms with van der Waals surface area (Å²) in [6.45, 7) is 3.52. The van der Waals surface area contributed by atoms with Gasteiger partial charge in [0.1, 0.15) is 0 Å². The van der Waals surface area contributed by atoms with Crippen molar-refractivity contribution in [3.63, 3.8) is 0 Å². The standard InChI is InChI=1S/C23H30F5N3O6S/c1-20(2)36-17-11-21(19(32)30-33,12-18(17)37-20)38(34,35)31-9-6-15(7-10-31)16-4-3-14(13-29-16)5-8-22(24,25)23(26,27)28/h3-4,13,15,17-18,33H,5-12H2,1-2H3,(H,30,32)/t17-,18+,21?. The van der Waals surface area contributed by atoms with Crippen LogP contribution in [0, 0.1) is 0 Å². The maximum atomic E-state index is 13.7. The second kappa shape index (κ2) is 9.91. The summed E-state index contributed by atoms with van der Waals surface area (Å²) >= 11 is 0. The summed E-state index contributed by atoms with van der Waals surface area (Å²) in [6, 6.07) is 2.99. The third-order valence-corrected chi connectivity index (χ3v) is 10.1. The van der Waals surface area contributed by atoms with Crippen molar-refractivity contribution in [2.75, 3.05) is 13.1 Å². The fourth-order valence-corrected chi connectivity index (χ4v) is 7.73. The Morgan fingerprint density at radius 2 is 1.71 bits per heavy atom. The van der Waals surface area contributed by atoms with Crippen molar-refractivity contribution in [1.29, 1.82) is 0 Å². The Morgan fingerprint density at radius 3 is 2.18 bits per heavy atom. The van der Waals surface area contributed by atoms with E-state index in [1.165, 1.54) is 22.0 Å². The van der Waals surface area contributed by atoms with Gasteiger partial charge < -0.3 is 9.47 Å². The van der Waals surface area contributed by atoms with E-state index in [1.807, 2.05) is 0 Å². The Kier molecular flexibility index (Phi) is 7.58. The van der Waals surface area contributed by atoms with E-state index in [0.717, 1.165) is 0 Å². The van der Waals surface area contributed by atoms with Crippen LogP contribution in [0.25, 0.3) is 0 Å². The monoisotopic (exact) mass is 571 g/mol. The van der Waals surface area contributed by atoms with Crippen LogP contribution in [0.2, 0.25) is 0 Å². The predicted octanol–water partition coefficient (Wildman–Crippen LogP) is 3.28. The number of ether oxygens (including phenoxy) is 2. The summed E-state index contributed by atoms with van der Waals surface area (Å²) in [7, 11) is -4.24. The van der Waals surface area contributed by atoms with Gasteiger partial charge in [0.05, 0.1) is 12.2 Å². The molecule has 0 bridgehead atoms. The molecule has 1 aliphatic carbocycles. The van der Waals surface area contributed by atoms with Crippen LogP contribution in [-0.2, 0) is 30.7 Å². The fraction of sp³-hybridized carbons (Fsp3) is 0.739. The highest BCUT2D eigenvalue weighted by Gasteiger charge is 2.64. The van der Waals surface area contributed by atoms with Crippen molar-refractivity contribution in [1.82, 2.24) is 14.8 Å². The number of aryl methyl sites for hydroxylation is 1. The minimum absolute atomic E-state index is 0.0667. The second-order valence-corrected chi connectivity index (χ2v) is 12.8. The molecule has 214 valence electrons. The topological polar surface area (TPSA) is 118 Å². The molecular formula is C23H30F5N3O6S. The number of piperidine rings is 1. The molecule has 2 N–H and O–H groups in total. The van der Waals surface area contributed by atoms with Crippen LogP contribution in [0.4, 0.5) is 22.0 Å². The highest BCUT2D eigenvalue weighted by Crippen LogP contribution is 2.48. The molecule has 0 radical (unpaired) electrons. The van der Waals surface area contributed by atoms with Crippen molar-refractivity contribution >= 4 is 15.9 Å². The number of halogens is 5. The zero-order valence-corrected chi connectivity index (χ0v) is 21.6. The Hall–Kier alpha value is -1.94. The average Bonchev–Trinajstić information content (AvgIpc) is 3.33. The van der Waals surface area contributed by atoms with Gasteiger partial charge >= 0.3 is 12.1 Å². The van der Waals surface area contributed by atoms with Gasteiger partial charge in [0.25, 0.3) is 5.91 Å². The molecule has 0 aromatic carbocycles. The number of nitrogens with zero attached hydrogens (tertiary/aromatic N) is 2. The van der Waals surface area contributed by atoms with Gasteiger partial charge in [0, 0.05) is 50.2 Å². The van der Waals surface area contributed by atoms with Gasteiger partial charge in [-0.05, 0) is 44.7 Å². The Morgan fingerprint density at radius 1 is 1.13 bits per heavy atom. The number of carbonyl (C=O) groups is 1. The number of sulfonamides is 1. The Labute approximate surface area is 216 Å². The second-order valence-electron chi connectivity index (χ2n) is 10.5. The van der Waals surface area contributed by atoms with Crippen molar-refractivity contribution in [2.24, 2.45) is 0 Å². The molecule has 3 fully saturated rings. The summed E-state index contributed by atoms with van der Waals surface area (Å²) in [5, 5.41) is 9.35. The van der Waals surface area contributed by atoms with Crippen molar-refractivity contribution < 1.29 is 49.8 Å². The molecule has 3 atom stereocenters. The fourth-order valence-electron chi connectivity index (χ4n) is 5.51. The lowest BCUT2D eigenvalue weighted by atomic mass is 9.93. The Balaban J connectivity index is 1.40. The first-order valence-corrected chi connectivity index (χ1v) is 13.6. The van der Waals surface area contributed by atoms with Crippen molar-refractivity contribution in [2.45, 2.75) is 93.1 Å². The number of alkyl halides is 5. The van der Waals surface area contributed by atoms with Gasteiger partial charge in [-0.1, -0.05) is 6.07 Å². The SMILES string of the molecule is CC1(C)O[C@H]2CC(C(=O)NO)(S(=O)(=O)N3CCC(c4ccc(CCC(F)(F)C(F)(F)F)cn4)CC3)C[C@H]2O1. The summed E-state index contributed by atoms with van der Waals surface area (Å²) in [5.41, 5.74) is 2.29. The van der Waals surface area contributed by atoms with Crippen LogP contribution < -0.4 is 5.48 Å². The zero-order chi connectivity index (χ0) is 28.1. The van der Waals surface area contributed by atoms with Gasteiger partial charge in [0.15, 0.2) is 10.5 Å². The maximum Gasteiger partial charge on any atom is 0.453 e. The predicted molar refractivity (Wildman–Crippen MR) is 122 cm³/mol. The number of amides is 1. The van der Waals surface area contributed by atoms with E-state index in [0.29, 0.717) is 18.5 Å². The highest BCUT2D eigenvalue weighted by atomic mass is 32.2. The largest absolute Gasteiger partial charge is 0.453 e. The van der Waals surface area contributed by atoms with E-state index in [2.05, 4.69) is 4.98 Å². The molecule has 0 spiro atoms. The van der Waals surface area contributed by atoms with Gasteiger partial charge in [0.2, 0.25) is 10.0 Å². The number of pyridine rings is 1. The van der Waals surface area contributed by atoms with Crippen LogP contribution in [0.3, 0.4) is 0 Å². The minimum atomic E-state index is -5.61. The molecule has 1 amide bonds. The normalized spacial score (nSPS) is 28.8. The van der Waals surface area contributed by atoms with E-state index in [9.17, 15) is 40.4 Å². The van der Waals surface area contributed by atoms with Crippen LogP contribution in [0.1, 0.15) is 63.1 Å². The van der Waals surface area contributed by atoms with Crippen molar-refractivity contribution in [3.8, 4) is 0 Å². The number of aromatic nitrogens is 1. The number of nitrogens with one attached hydrogen (secondary N) is 1. The van der Waals surface area contributed by atoms with Gasteiger partial charge in [-0.3, -0.25) is 15.0 Å². The first-order valence-electron chi connectivity index (χ1n) is 12.2. The van der Waals surface area contributed by atoms with Gasteiger partial charge in [-0.15, -0.1) is 0 Å². The molecule has 3 aliphatic rings. The molecule has 1 aromatic heterocycles. The lowest BCUT2D eigenvalue weighted by Crippen LogP contribution is -2.57. The lowest BCUT2D eigenvalue weighted by molar-refractivity contribution is -0.284. The quantitative estimate of drug-likeness (QED) is 0.293. The van der Waals surface area contributed by atoms with Gasteiger partial charge in [-0.25, -0.2) is 18.2 Å². The van der Waals surface area contributed by atoms with E-state index in [4.69, 9.17) is 9.47 Å². The molecular weight excluding hydrogens is 541 g/mol. The molecule has 4 rings (SSSR count). The zero-order valence-electron chi connectivity index (χ0n) is 20.8. The Bertz CT molecular complexity index is 1120. The van der Waals surface area contributed by atoms with Crippen molar-refractivity contribution in [3.05, 3.63) is 29.6 Å². The summed E-state index contributed by atoms with van der Waals surface area (Å²) in [5.74, 6) is -6.93. The smallest absolute Gasteiger partial charge is 0.345 e. The molecule has 9 nitrogen and oxygen atoms in total. The lowest BCUT2D eigenvalue weighted by Gasteiger charge is -2.37. The van der Waals surface area contributed by atoms with E-state index in [1.54, 1.807) is 19.9 Å². The van der Waals surface area contributed by atoms with Crippen LogP contribution in [0.5, 0.6) is 0 Å². The number of hydrogen-bond donors (Lipinski definition) is 2. The van der Waals surface area contributed by atoms with Crippen LogP contribution in [0.15, 0.2) is 18.3 Å². The summed E-state index contributed by atoms with van der Waals surface area (Å²) in [6.07, 6.45) is -7.16. The third kappa shape index (κ3) is 5.27. The summed E-state index contributed by atoms with van der Waals surface area (Å²) < 4.78 is 102. The number of carbonyl (C=O) groups excluding carboxylic acids is 1. The highest BCUT2D eigenvalue weighted by molar-refractivity contribution is 7.91. The summed E-state index contributed by atoms with van der Waals surface area (Å²) in [4.78, 5) is 16.9. The first-order chi connectivity index (χ1) is 17.5. The molecule has 1 unspecified atom stereocenters. The van der Waals surface area contributed by atoms with Crippen LogP contribution in [-0.4, -0.2) is 76.8 Å². The molecule has 1 saturated carbocycles. The molecule has 1 aromatic rings.